The van der Waals surface area contributed by atoms with E-state index in [9.17, 15) is 18.7 Å². The highest BCUT2D eigenvalue weighted by molar-refractivity contribution is 5.81. The Morgan fingerprint density at radius 1 is 1.10 bits per heavy atom. The second kappa shape index (κ2) is 5.04. The predicted molar refractivity (Wildman–Crippen MR) is 72.5 cm³/mol. The lowest BCUT2D eigenvalue weighted by atomic mass is 9.83. The van der Waals surface area contributed by atoms with E-state index in [1.807, 2.05) is 0 Å². The lowest BCUT2D eigenvalue weighted by molar-refractivity contribution is -0.142. The molecule has 0 spiro atoms. The summed E-state index contributed by atoms with van der Waals surface area (Å²) in [5, 5.41) is 9.22. The molecular weight excluding hydrogens is 262 g/mol. The molecular formula is C16H14F2O2. The van der Waals surface area contributed by atoms with Crippen molar-refractivity contribution in [2.24, 2.45) is 0 Å². The van der Waals surface area contributed by atoms with E-state index in [1.54, 1.807) is 38.1 Å². The third kappa shape index (κ3) is 2.54. The SMILES string of the molecule is CC(C)(C(=O)O)c1cccc(-c2ccc(F)cc2F)c1. The molecule has 0 amide bonds. The van der Waals surface area contributed by atoms with Gasteiger partial charge in [0, 0.05) is 11.6 Å². The van der Waals surface area contributed by atoms with Crippen molar-refractivity contribution in [1.29, 1.82) is 0 Å². The van der Waals surface area contributed by atoms with Gasteiger partial charge in [-0.25, -0.2) is 8.78 Å². The van der Waals surface area contributed by atoms with E-state index in [0.717, 1.165) is 6.07 Å². The first-order valence-corrected chi connectivity index (χ1v) is 6.12. The summed E-state index contributed by atoms with van der Waals surface area (Å²) in [4.78, 5) is 11.3. The average molecular weight is 276 g/mol. The topological polar surface area (TPSA) is 37.3 Å². The summed E-state index contributed by atoms with van der Waals surface area (Å²) in [6.07, 6.45) is 0. The van der Waals surface area contributed by atoms with Crippen LogP contribution in [0.2, 0.25) is 0 Å². The molecule has 0 aliphatic rings. The average Bonchev–Trinajstić information content (AvgIpc) is 2.38. The Labute approximate surface area is 115 Å². The molecule has 0 aromatic heterocycles. The summed E-state index contributed by atoms with van der Waals surface area (Å²) in [6, 6.07) is 9.95. The molecule has 0 heterocycles. The second-order valence-corrected chi connectivity index (χ2v) is 5.14. The van der Waals surface area contributed by atoms with Crippen LogP contribution in [-0.4, -0.2) is 11.1 Å². The van der Waals surface area contributed by atoms with Gasteiger partial charge in [-0.2, -0.15) is 0 Å². The zero-order chi connectivity index (χ0) is 14.9. The molecule has 0 aliphatic heterocycles. The summed E-state index contributed by atoms with van der Waals surface area (Å²) >= 11 is 0. The molecule has 0 unspecified atom stereocenters. The van der Waals surface area contributed by atoms with Gasteiger partial charge < -0.3 is 5.11 Å². The molecule has 0 fully saturated rings. The van der Waals surface area contributed by atoms with E-state index in [-0.39, 0.29) is 5.56 Å². The van der Waals surface area contributed by atoms with Crippen molar-refractivity contribution in [2.45, 2.75) is 19.3 Å². The van der Waals surface area contributed by atoms with Crippen molar-refractivity contribution in [3.63, 3.8) is 0 Å². The predicted octanol–water partition coefficient (Wildman–Crippen LogP) is 3.99. The number of aliphatic carboxylic acids is 1. The molecule has 0 atom stereocenters. The van der Waals surface area contributed by atoms with E-state index in [1.165, 1.54) is 12.1 Å². The standard InChI is InChI=1S/C16H14F2O2/c1-16(2,15(19)20)11-5-3-4-10(8-11)13-7-6-12(17)9-14(13)18/h3-9H,1-2H3,(H,19,20). The molecule has 1 N–H and O–H groups in total. The molecule has 2 aromatic carbocycles. The zero-order valence-corrected chi connectivity index (χ0v) is 11.2. The van der Waals surface area contributed by atoms with Gasteiger partial charge in [0.05, 0.1) is 5.41 Å². The number of halogens is 2. The van der Waals surface area contributed by atoms with Crippen LogP contribution in [0.3, 0.4) is 0 Å². The number of carboxylic acids is 1. The van der Waals surface area contributed by atoms with Crippen LogP contribution in [0.15, 0.2) is 42.5 Å². The van der Waals surface area contributed by atoms with Gasteiger partial charge in [-0.3, -0.25) is 4.79 Å². The van der Waals surface area contributed by atoms with Crippen LogP contribution in [0.25, 0.3) is 11.1 Å². The third-order valence-electron chi connectivity index (χ3n) is 3.36. The summed E-state index contributed by atoms with van der Waals surface area (Å²) in [7, 11) is 0. The van der Waals surface area contributed by atoms with Gasteiger partial charge in [-0.1, -0.05) is 18.2 Å². The smallest absolute Gasteiger partial charge is 0.313 e. The minimum Gasteiger partial charge on any atom is -0.481 e. The molecule has 2 aromatic rings. The maximum Gasteiger partial charge on any atom is 0.313 e. The van der Waals surface area contributed by atoms with Gasteiger partial charge in [-0.05, 0) is 43.2 Å². The van der Waals surface area contributed by atoms with Crippen LogP contribution in [0, 0.1) is 11.6 Å². The number of carboxylic acid groups (broad SMARTS) is 1. The lowest BCUT2D eigenvalue weighted by Gasteiger charge is -2.20. The Bertz CT molecular complexity index is 663. The Morgan fingerprint density at radius 2 is 1.80 bits per heavy atom. The fraction of sp³-hybridized carbons (Fsp3) is 0.188. The van der Waals surface area contributed by atoms with E-state index >= 15 is 0 Å². The molecule has 0 aliphatic carbocycles. The first kappa shape index (κ1) is 14.2. The number of carbonyl (C=O) groups is 1. The highest BCUT2D eigenvalue weighted by Gasteiger charge is 2.29. The van der Waals surface area contributed by atoms with Crippen LogP contribution in [0.5, 0.6) is 0 Å². The van der Waals surface area contributed by atoms with Gasteiger partial charge in [-0.15, -0.1) is 0 Å². The molecule has 2 nitrogen and oxygen atoms in total. The highest BCUT2D eigenvalue weighted by Crippen LogP contribution is 2.29. The third-order valence-corrected chi connectivity index (χ3v) is 3.36. The van der Waals surface area contributed by atoms with Gasteiger partial charge in [0.25, 0.3) is 0 Å². The monoisotopic (exact) mass is 276 g/mol. The summed E-state index contributed by atoms with van der Waals surface area (Å²) in [5.74, 6) is -2.28. The van der Waals surface area contributed by atoms with Crippen LogP contribution in [-0.2, 0) is 10.2 Å². The number of benzene rings is 2. The Kier molecular flexibility index (Phi) is 3.57. The van der Waals surface area contributed by atoms with E-state index < -0.39 is 23.0 Å². The van der Waals surface area contributed by atoms with Gasteiger partial charge >= 0.3 is 5.97 Å². The fourth-order valence-electron chi connectivity index (χ4n) is 1.92. The molecule has 0 bridgehead atoms. The van der Waals surface area contributed by atoms with E-state index in [4.69, 9.17) is 0 Å². The first-order valence-electron chi connectivity index (χ1n) is 6.12. The minimum atomic E-state index is -1.08. The van der Waals surface area contributed by atoms with Gasteiger partial charge in [0.1, 0.15) is 11.6 Å². The van der Waals surface area contributed by atoms with Gasteiger partial charge in [0.2, 0.25) is 0 Å². The highest BCUT2D eigenvalue weighted by atomic mass is 19.1. The van der Waals surface area contributed by atoms with Crippen LogP contribution < -0.4 is 0 Å². The van der Waals surface area contributed by atoms with E-state index in [2.05, 4.69) is 0 Å². The first-order chi connectivity index (χ1) is 9.32. The molecule has 2 rings (SSSR count). The van der Waals surface area contributed by atoms with Crippen molar-refractivity contribution in [3.8, 4) is 11.1 Å². The van der Waals surface area contributed by atoms with Crippen molar-refractivity contribution >= 4 is 5.97 Å². The summed E-state index contributed by atoms with van der Waals surface area (Å²) in [6.45, 7) is 3.16. The van der Waals surface area contributed by atoms with Crippen molar-refractivity contribution in [1.82, 2.24) is 0 Å². The maximum atomic E-state index is 13.8. The number of hydrogen-bond acceptors (Lipinski definition) is 1. The molecule has 0 saturated heterocycles. The lowest BCUT2D eigenvalue weighted by Crippen LogP contribution is -2.28. The Balaban J connectivity index is 2.52. The summed E-state index contributed by atoms with van der Waals surface area (Å²) < 4.78 is 26.7. The van der Waals surface area contributed by atoms with Crippen LogP contribution in [0.4, 0.5) is 8.78 Å². The van der Waals surface area contributed by atoms with E-state index in [0.29, 0.717) is 11.1 Å². The Morgan fingerprint density at radius 3 is 2.40 bits per heavy atom. The molecule has 20 heavy (non-hydrogen) atoms. The molecule has 0 radical (unpaired) electrons. The largest absolute Gasteiger partial charge is 0.481 e. The summed E-state index contributed by atoms with van der Waals surface area (Å²) in [5.41, 5.74) is 0.252. The molecule has 0 saturated carbocycles. The number of rotatable bonds is 3. The fourth-order valence-corrected chi connectivity index (χ4v) is 1.92. The molecule has 104 valence electrons. The van der Waals surface area contributed by atoms with Crippen molar-refractivity contribution in [2.75, 3.05) is 0 Å². The molecule has 4 heteroatoms. The quantitative estimate of drug-likeness (QED) is 0.920. The maximum absolute atomic E-state index is 13.8. The van der Waals surface area contributed by atoms with Crippen molar-refractivity contribution < 1.29 is 18.7 Å². The number of hydrogen-bond donors (Lipinski definition) is 1. The zero-order valence-electron chi connectivity index (χ0n) is 11.2. The van der Waals surface area contributed by atoms with Crippen LogP contribution >= 0.6 is 0 Å². The normalized spacial score (nSPS) is 11.4. The van der Waals surface area contributed by atoms with Gasteiger partial charge in [0.15, 0.2) is 0 Å². The van der Waals surface area contributed by atoms with Crippen LogP contribution in [0.1, 0.15) is 19.4 Å². The van der Waals surface area contributed by atoms with Crippen molar-refractivity contribution in [3.05, 3.63) is 59.7 Å². The second-order valence-electron chi connectivity index (χ2n) is 5.14. The Hall–Kier alpha value is -2.23. The minimum absolute atomic E-state index is 0.245.